The first-order valence-corrected chi connectivity index (χ1v) is 10.3. The molecule has 2 aliphatic rings. The second-order valence-corrected chi connectivity index (χ2v) is 7.93. The fourth-order valence-corrected chi connectivity index (χ4v) is 3.64. The number of aryl methyl sites for hydroxylation is 1. The molecule has 0 spiro atoms. The van der Waals surface area contributed by atoms with Gasteiger partial charge in [-0.25, -0.2) is 0 Å². The molecule has 1 aromatic heterocycles. The number of benzene rings is 1. The molecule has 0 unspecified atom stereocenters. The minimum atomic E-state index is -0.111. The van der Waals surface area contributed by atoms with Gasteiger partial charge in [-0.05, 0) is 61.2 Å². The second-order valence-electron chi connectivity index (χ2n) is 7.93. The average molecular weight is 393 g/mol. The SMILES string of the molecule is Cc1cnccc1CNC(=O)c1ccc(OC2CCN(C(=O)C3CC3)CC2)cc1. The van der Waals surface area contributed by atoms with E-state index < -0.39 is 0 Å². The second kappa shape index (κ2) is 8.64. The van der Waals surface area contributed by atoms with Crippen LogP contribution in [-0.2, 0) is 11.3 Å². The fraction of sp³-hybridized carbons (Fsp3) is 0.435. The maximum absolute atomic E-state index is 12.4. The van der Waals surface area contributed by atoms with Crippen molar-refractivity contribution in [3.63, 3.8) is 0 Å². The third-order valence-corrected chi connectivity index (χ3v) is 5.68. The van der Waals surface area contributed by atoms with E-state index in [1.807, 2.05) is 30.0 Å². The Morgan fingerprint density at radius 3 is 2.48 bits per heavy atom. The number of likely N-dealkylation sites (tertiary alicyclic amines) is 1. The van der Waals surface area contributed by atoms with Gasteiger partial charge in [0.1, 0.15) is 11.9 Å². The van der Waals surface area contributed by atoms with Crippen molar-refractivity contribution in [1.82, 2.24) is 15.2 Å². The zero-order valence-electron chi connectivity index (χ0n) is 16.8. The minimum Gasteiger partial charge on any atom is -0.490 e. The number of hydrogen-bond donors (Lipinski definition) is 1. The zero-order valence-corrected chi connectivity index (χ0v) is 16.8. The standard InChI is InChI=1S/C23H27N3O3/c1-16-14-24-11-8-19(16)15-25-22(27)17-4-6-20(7-5-17)29-21-9-12-26(13-10-21)23(28)18-2-3-18/h4-8,11,14,18,21H,2-3,9-10,12-13,15H2,1H3,(H,25,27). The van der Waals surface area contributed by atoms with Gasteiger partial charge in [0.25, 0.3) is 5.91 Å². The van der Waals surface area contributed by atoms with Gasteiger partial charge in [0.15, 0.2) is 0 Å². The molecule has 2 heterocycles. The number of rotatable bonds is 6. The van der Waals surface area contributed by atoms with Gasteiger partial charge in [-0.15, -0.1) is 0 Å². The van der Waals surface area contributed by atoms with Crippen molar-refractivity contribution >= 4 is 11.8 Å². The summed E-state index contributed by atoms with van der Waals surface area (Å²) in [5.74, 6) is 1.26. The Balaban J connectivity index is 1.25. The van der Waals surface area contributed by atoms with Crippen molar-refractivity contribution in [3.05, 3.63) is 59.4 Å². The van der Waals surface area contributed by atoms with E-state index in [9.17, 15) is 9.59 Å². The van der Waals surface area contributed by atoms with Crippen LogP contribution in [0.25, 0.3) is 0 Å². The Morgan fingerprint density at radius 2 is 1.83 bits per heavy atom. The summed E-state index contributed by atoms with van der Waals surface area (Å²) in [6, 6.07) is 9.17. The summed E-state index contributed by atoms with van der Waals surface area (Å²) in [5.41, 5.74) is 2.72. The maximum atomic E-state index is 12.4. The van der Waals surface area contributed by atoms with E-state index in [-0.39, 0.29) is 17.9 Å². The molecule has 6 nitrogen and oxygen atoms in total. The van der Waals surface area contributed by atoms with Crippen LogP contribution >= 0.6 is 0 Å². The number of nitrogens with zero attached hydrogens (tertiary/aromatic N) is 2. The molecular weight excluding hydrogens is 366 g/mol. The Morgan fingerprint density at radius 1 is 1.10 bits per heavy atom. The van der Waals surface area contributed by atoms with E-state index >= 15 is 0 Å². The van der Waals surface area contributed by atoms with Crippen LogP contribution in [0.3, 0.4) is 0 Å². The molecule has 1 aromatic carbocycles. The summed E-state index contributed by atoms with van der Waals surface area (Å²) in [4.78, 5) is 30.6. The van der Waals surface area contributed by atoms with Gasteiger partial charge in [0.05, 0.1) is 0 Å². The number of carbonyl (C=O) groups is 2. The van der Waals surface area contributed by atoms with Gasteiger partial charge >= 0.3 is 0 Å². The van der Waals surface area contributed by atoms with Gasteiger partial charge in [-0.3, -0.25) is 14.6 Å². The molecule has 0 radical (unpaired) electrons. The van der Waals surface area contributed by atoms with E-state index in [4.69, 9.17) is 4.74 Å². The van der Waals surface area contributed by atoms with Crippen molar-refractivity contribution in [3.8, 4) is 5.75 Å². The van der Waals surface area contributed by atoms with E-state index in [1.165, 1.54) is 0 Å². The fourth-order valence-electron chi connectivity index (χ4n) is 3.64. The zero-order chi connectivity index (χ0) is 20.2. The number of piperidine rings is 1. The number of hydrogen-bond acceptors (Lipinski definition) is 4. The summed E-state index contributed by atoms with van der Waals surface area (Å²) < 4.78 is 6.06. The summed E-state index contributed by atoms with van der Waals surface area (Å²) in [5, 5.41) is 2.94. The molecule has 1 aliphatic heterocycles. The highest BCUT2D eigenvalue weighted by Gasteiger charge is 2.35. The molecule has 2 aromatic rings. The predicted octanol–water partition coefficient (Wildman–Crippen LogP) is 3.10. The summed E-state index contributed by atoms with van der Waals surface area (Å²) in [6.45, 7) is 4.00. The van der Waals surface area contributed by atoms with Crippen LogP contribution in [0.5, 0.6) is 5.75 Å². The molecule has 29 heavy (non-hydrogen) atoms. The molecule has 0 atom stereocenters. The molecule has 1 saturated heterocycles. The lowest BCUT2D eigenvalue weighted by Gasteiger charge is -2.32. The lowest BCUT2D eigenvalue weighted by atomic mass is 10.1. The van der Waals surface area contributed by atoms with E-state index in [0.717, 1.165) is 55.6 Å². The highest BCUT2D eigenvalue weighted by molar-refractivity contribution is 5.94. The van der Waals surface area contributed by atoms with Gasteiger partial charge in [-0.2, -0.15) is 0 Å². The van der Waals surface area contributed by atoms with E-state index in [2.05, 4.69) is 10.3 Å². The smallest absolute Gasteiger partial charge is 0.251 e. The number of ether oxygens (including phenoxy) is 1. The average Bonchev–Trinajstić information content (AvgIpc) is 3.59. The molecule has 0 bridgehead atoms. The Labute approximate surface area is 171 Å². The number of nitrogens with one attached hydrogen (secondary N) is 1. The molecule has 2 amide bonds. The summed E-state index contributed by atoms with van der Waals surface area (Å²) in [7, 11) is 0. The first-order valence-electron chi connectivity index (χ1n) is 10.3. The molecule has 6 heteroatoms. The lowest BCUT2D eigenvalue weighted by Crippen LogP contribution is -2.42. The van der Waals surface area contributed by atoms with Gasteiger partial charge in [-0.1, -0.05) is 0 Å². The third kappa shape index (κ3) is 4.94. The number of aromatic nitrogens is 1. The number of carbonyl (C=O) groups excluding carboxylic acids is 2. The van der Waals surface area contributed by atoms with Crippen molar-refractivity contribution in [2.75, 3.05) is 13.1 Å². The normalized spacial score (nSPS) is 17.1. The quantitative estimate of drug-likeness (QED) is 0.819. The highest BCUT2D eigenvalue weighted by atomic mass is 16.5. The van der Waals surface area contributed by atoms with Crippen LogP contribution in [0.2, 0.25) is 0 Å². The molecule has 4 rings (SSSR count). The van der Waals surface area contributed by atoms with Crippen LogP contribution in [0, 0.1) is 12.8 Å². The Hall–Kier alpha value is -2.89. The van der Waals surface area contributed by atoms with Crippen LogP contribution in [-0.4, -0.2) is 40.9 Å². The van der Waals surface area contributed by atoms with E-state index in [1.54, 1.807) is 24.5 Å². The van der Waals surface area contributed by atoms with Crippen molar-refractivity contribution in [2.24, 2.45) is 5.92 Å². The van der Waals surface area contributed by atoms with Crippen molar-refractivity contribution < 1.29 is 14.3 Å². The van der Waals surface area contributed by atoms with Crippen molar-refractivity contribution in [2.45, 2.75) is 45.3 Å². The monoisotopic (exact) mass is 393 g/mol. The molecule has 152 valence electrons. The molecule has 1 N–H and O–H groups in total. The van der Waals surface area contributed by atoms with Gasteiger partial charge in [0, 0.05) is 56.4 Å². The van der Waals surface area contributed by atoms with Crippen LogP contribution < -0.4 is 10.1 Å². The number of amides is 2. The summed E-state index contributed by atoms with van der Waals surface area (Å²) >= 11 is 0. The molecular formula is C23H27N3O3. The topological polar surface area (TPSA) is 71.5 Å². The van der Waals surface area contributed by atoms with Gasteiger partial charge in [0.2, 0.25) is 5.91 Å². The molecule has 1 aliphatic carbocycles. The minimum absolute atomic E-state index is 0.111. The maximum Gasteiger partial charge on any atom is 0.251 e. The lowest BCUT2D eigenvalue weighted by molar-refractivity contribution is -0.134. The first kappa shape index (κ1) is 19.4. The predicted molar refractivity (Wildman–Crippen MR) is 110 cm³/mol. The Kier molecular flexibility index (Phi) is 5.79. The first-order chi connectivity index (χ1) is 14.1. The van der Waals surface area contributed by atoms with Gasteiger partial charge < -0.3 is 15.0 Å². The van der Waals surface area contributed by atoms with E-state index in [0.29, 0.717) is 18.0 Å². The molecule has 1 saturated carbocycles. The van der Waals surface area contributed by atoms with Crippen molar-refractivity contribution in [1.29, 1.82) is 0 Å². The largest absolute Gasteiger partial charge is 0.490 e. The molecule has 2 fully saturated rings. The number of pyridine rings is 1. The Bertz CT molecular complexity index is 869. The van der Waals surface area contributed by atoms with Crippen LogP contribution in [0.4, 0.5) is 0 Å². The van der Waals surface area contributed by atoms with Crippen LogP contribution in [0.1, 0.15) is 47.2 Å². The highest BCUT2D eigenvalue weighted by Crippen LogP contribution is 2.32. The summed E-state index contributed by atoms with van der Waals surface area (Å²) in [6.07, 6.45) is 7.45. The van der Waals surface area contributed by atoms with Crippen LogP contribution in [0.15, 0.2) is 42.7 Å². The third-order valence-electron chi connectivity index (χ3n) is 5.68.